The van der Waals surface area contributed by atoms with Crippen LogP contribution in [0.25, 0.3) is 22.6 Å². The summed E-state index contributed by atoms with van der Waals surface area (Å²) in [4.78, 5) is 10.3. The van der Waals surface area contributed by atoms with Crippen molar-refractivity contribution >= 4 is 37.1 Å². The average molecular weight is 588 g/mol. The van der Waals surface area contributed by atoms with Gasteiger partial charge in [0.15, 0.2) is 23.1 Å². The molecule has 0 aliphatic rings. The Morgan fingerprint density at radius 2 is 1.77 bits per heavy atom. The van der Waals surface area contributed by atoms with E-state index < -0.39 is 37.3 Å². The molecule has 0 aromatic carbocycles. The second kappa shape index (κ2) is 11.8. The maximum atomic E-state index is 11.2. The number of aryl methyl sites for hydroxylation is 1. The van der Waals surface area contributed by atoms with Crippen molar-refractivity contribution in [3.8, 4) is 29.1 Å². The highest BCUT2D eigenvalue weighted by atomic mass is 32.2. The molecular formula is C21H29N7O9S2. The molecule has 0 saturated heterocycles. The largest absolute Gasteiger partial charge is 0.488 e. The van der Waals surface area contributed by atoms with Gasteiger partial charge in [0.1, 0.15) is 28.9 Å². The Bertz CT molecular complexity index is 1560. The lowest BCUT2D eigenvalue weighted by Crippen LogP contribution is -2.36. The molecule has 39 heavy (non-hydrogen) atoms. The maximum Gasteiger partial charge on any atom is 0.266 e. The number of nitrogens with two attached hydrogens (primary N) is 1. The molecular weight excluding hydrogens is 558 g/mol. The molecule has 0 radical (unpaired) electrons. The van der Waals surface area contributed by atoms with E-state index in [9.17, 15) is 21.9 Å². The average Bonchev–Trinajstić information content (AvgIpc) is 3.41. The summed E-state index contributed by atoms with van der Waals surface area (Å²) < 4.78 is 75.3. The van der Waals surface area contributed by atoms with Crippen LogP contribution in [0.3, 0.4) is 0 Å². The van der Waals surface area contributed by atoms with Crippen LogP contribution in [0.15, 0.2) is 10.8 Å². The van der Waals surface area contributed by atoms with Crippen LogP contribution in [-0.4, -0.2) is 104 Å². The van der Waals surface area contributed by atoms with Crippen LogP contribution >= 0.6 is 0 Å². The van der Waals surface area contributed by atoms with Gasteiger partial charge in [-0.2, -0.15) is 16.8 Å². The Hall–Kier alpha value is -3.34. The minimum Gasteiger partial charge on any atom is -0.488 e. The number of pyridine rings is 1. The highest BCUT2D eigenvalue weighted by Crippen LogP contribution is 2.33. The highest BCUT2D eigenvalue weighted by Gasteiger charge is 2.24. The predicted molar refractivity (Wildman–Crippen MR) is 139 cm³/mol. The zero-order valence-electron chi connectivity index (χ0n) is 21.4. The van der Waals surface area contributed by atoms with Crippen molar-refractivity contribution in [2.45, 2.75) is 32.9 Å². The standard InChI is InChI=1S/C21H29N7O9S2/c1-4-28-18-15(36-10-7-27(8-11-38(30,31)32)9-12-39(33,34)35)13-23-14(5-6-21(2,3)29)16(18)24-20(28)17-19(22)26-37-25-17/h13,29H,4,7-12H2,1-3H3,(H2,22,26)(H,30,31,32)(H,33,34,35). The number of ether oxygens (including phenoxy) is 1. The van der Waals surface area contributed by atoms with Crippen molar-refractivity contribution in [1.29, 1.82) is 0 Å². The molecule has 3 aromatic heterocycles. The molecule has 0 spiro atoms. The third kappa shape index (κ3) is 8.58. The second-order valence-electron chi connectivity index (χ2n) is 8.92. The van der Waals surface area contributed by atoms with Gasteiger partial charge in [0, 0.05) is 26.2 Å². The van der Waals surface area contributed by atoms with E-state index in [0.717, 1.165) is 0 Å². The highest BCUT2D eigenvalue weighted by molar-refractivity contribution is 7.86. The number of anilines is 1. The van der Waals surface area contributed by atoms with Gasteiger partial charge in [0.2, 0.25) is 0 Å². The molecule has 18 heteroatoms. The van der Waals surface area contributed by atoms with Gasteiger partial charge in [0.05, 0.1) is 17.7 Å². The van der Waals surface area contributed by atoms with Gasteiger partial charge in [-0.25, -0.2) is 14.6 Å². The van der Waals surface area contributed by atoms with E-state index in [4.69, 9.17) is 24.2 Å². The molecule has 0 unspecified atom stereocenters. The van der Waals surface area contributed by atoms with E-state index in [0.29, 0.717) is 23.4 Å². The van der Waals surface area contributed by atoms with E-state index in [1.807, 2.05) is 6.92 Å². The lowest BCUT2D eigenvalue weighted by atomic mass is 10.1. The molecule has 0 aliphatic heterocycles. The lowest BCUT2D eigenvalue weighted by molar-refractivity contribution is 0.143. The molecule has 3 rings (SSSR count). The molecule has 5 N–H and O–H groups in total. The Labute approximate surface area is 224 Å². The van der Waals surface area contributed by atoms with Gasteiger partial charge in [-0.1, -0.05) is 5.92 Å². The van der Waals surface area contributed by atoms with Gasteiger partial charge in [-0.3, -0.25) is 14.0 Å². The van der Waals surface area contributed by atoms with Crippen LogP contribution in [0.1, 0.15) is 26.5 Å². The zero-order valence-corrected chi connectivity index (χ0v) is 23.0. The molecule has 3 heterocycles. The smallest absolute Gasteiger partial charge is 0.266 e. The van der Waals surface area contributed by atoms with E-state index in [1.54, 1.807) is 4.57 Å². The number of aromatic nitrogens is 5. The van der Waals surface area contributed by atoms with Crippen LogP contribution in [0.2, 0.25) is 0 Å². The molecule has 0 aliphatic carbocycles. The van der Waals surface area contributed by atoms with Crippen molar-refractivity contribution in [3.63, 3.8) is 0 Å². The normalized spacial score (nSPS) is 12.6. The summed E-state index contributed by atoms with van der Waals surface area (Å²) in [5.74, 6) is 4.79. The third-order valence-electron chi connectivity index (χ3n) is 5.26. The van der Waals surface area contributed by atoms with Crippen molar-refractivity contribution in [3.05, 3.63) is 11.9 Å². The van der Waals surface area contributed by atoms with Gasteiger partial charge < -0.3 is 20.1 Å². The fraction of sp³-hybridized carbons (Fsp3) is 0.524. The Morgan fingerprint density at radius 3 is 2.28 bits per heavy atom. The van der Waals surface area contributed by atoms with E-state index in [2.05, 4.69) is 32.1 Å². The summed E-state index contributed by atoms with van der Waals surface area (Å²) in [6.07, 6.45) is 1.40. The molecule has 0 amide bonds. The predicted octanol–water partition coefficient (Wildman–Crippen LogP) is -0.338. The lowest BCUT2D eigenvalue weighted by Gasteiger charge is -2.21. The summed E-state index contributed by atoms with van der Waals surface area (Å²) in [5.41, 5.74) is 5.79. The fourth-order valence-electron chi connectivity index (χ4n) is 3.47. The Kier molecular flexibility index (Phi) is 9.15. The topological polar surface area (TPSA) is 237 Å². The minimum absolute atomic E-state index is 0.00729. The molecule has 214 valence electrons. The van der Waals surface area contributed by atoms with E-state index in [-0.39, 0.29) is 49.2 Å². The number of hydrogen-bond donors (Lipinski definition) is 4. The zero-order chi connectivity index (χ0) is 29.0. The first-order chi connectivity index (χ1) is 18.1. The summed E-state index contributed by atoms with van der Waals surface area (Å²) in [7, 11) is -8.61. The molecule has 16 nitrogen and oxygen atoms in total. The summed E-state index contributed by atoms with van der Waals surface area (Å²) in [6, 6.07) is 0. The molecule has 0 fully saturated rings. The molecule has 3 aromatic rings. The van der Waals surface area contributed by atoms with Crippen LogP contribution in [-0.2, 0) is 26.8 Å². The number of nitrogen functional groups attached to an aromatic ring is 1. The summed E-state index contributed by atoms with van der Waals surface area (Å²) >= 11 is 0. The number of nitrogens with zero attached hydrogens (tertiary/aromatic N) is 6. The first kappa shape index (κ1) is 30.2. The van der Waals surface area contributed by atoms with Crippen LogP contribution in [0.4, 0.5) is 5.82 Å². The van der Waals surface area contributed by atoms with Crippen molar-refractivity contribution < 1.29 is 40.4 Å². The number of aliphatic hydroxyl groups is 1. The quantitative estimate of drug-likeness (QED) is 0.157. The number of fused-ring (bicyclic) bond motifs is 1. The van der Waals surface area contributed by atoms with Crippen LogP contribution < -0.4 is 10.5 Å². The van der Waals surface area contributed by atoms with Crippen molar-refractivity contribution in [2.75, 3.05) is 43.5 Å². The number of hydrogen-bond acceptors (Lipinski definition) is 13. The summed E-state index contributed by atoms with van der Waals surface area (Å²) in [5, 5.41) is 17.5. The SMILES string of the molecule is CCn1c(-c2nonc2N)nc2c(C#CC(C)(C)O)ncc(OCCN(CCS(=O)(=O)O)CCS(=O)(=O)O)c21. The summed E-state index contributed by atoms with van der Waals surface area (Å²) in [6.45, 7) is 4.84. The van der Waals surface area contributed by atoms with Gasteiger partial charge in [0.25, 0.3) is 20.2 Å². The third-order valence-corrected chi connectivity index (χ3v) is 6.66. The first-order valence-electron chi connectivity index (χ1n) is 11.6. The molecule has 0 atom stereocenters. The van der Waals surface area contributed by atoms with Crippen LogP contribution in [0, 0.1) is 11.8 Å². The van der Waals surface area contributed by atoms with Gasteiger partial charge >= 0.3 is 0 Å². The Balaban J connectivity index is 1.97. The van der Waals surface area contributed by atoms with Crippen molar-refractivity contribution in [1.82, 2.24) is 29.7 Å². The maximum absolute atomic E-state index is 11.2. The Morgan fingerprint density at radius 1 is 1.13 bits per heavy atom. The minimum atomic E-state index is -4.31. The van der Waals surface area contributed by atoms with E-state index >= 15 is 0 Å². The van der Waals surface area contributed by atoms with Crippen LogP contribution in [0.5, 0.6) is 5.75 Å². The fourth-order valence-corrected chi connectivity index (χ4v) is 4.45. The number of rotatable bonds is 12. The first-order valence-corrected chi connectivity index (χ1v) is 14.8. The molecule has 0 bridgehead atoms. The molecule has 0 saturated carbocycles. The van der Waals surface area contributed by atoms with E-state index in [1.165, 1.54) is 24.9 Å². The van der Waals surface area contributed by atoms with Gasteiger partial charge in [-0.15, -0.1) is 0 Å². The monoisotopic (exact) mass is 587 g/mol. The second-order valence-corrected chi connectivity index (χ2v) is 12.1. The van der Waals surface area contributed by atoms with Crippen molar-refractivity contribution in [2.24, 2.45) is 0 Å². The number of imidazole rings is 1. The van der Waals surface area contributed by atoms with Gasteiger partial charge in [-0.05, 0) is 37.0 Å².